The van der Waals surface area contributed by atoms with Gasteiger partial charge in [-0.2, -0.15) is 5.26 Å². The van der Waals surface area contributed by atoms with Crippen molar-refractivity contribution in [2.45, 2.75) is 0 Å². The first-order valence-electron chi connectivity index (χ1n) is 1.86. The zero-order valence-corrected chi connectivity index (χ0v) is 5.02. The standard InChI is InChI=1S/C4H5NO2S/c1-4(2-5)3-8(6)7/h8H,1,3H2. The Balaban J connectivity index is 3.79. The molecule has 0 bridgehead atoms. The molecule has 0 radical (unpaired) electrons. The van der Waals surface area contributed by atoms with E-state index in [4.69, 9.17) is 5.26 Å². The molecule has 0 unspecified atom stereocenters. The molecule has 0 aromatic heterocycles. The van der Waals surface area contributed by atoms with Crippen LogP contribution in [0.1, 0.15) is 0 Å². The zero-order valence-electron chi connectivity index (χ0n) is 4.13. The Bertz CT molecular complexity index is 191. The largest absolute Gasteiger partial charge is 0.231 e. The molecule has 3 nitrogen and oxygen atoms in total. The fourth-order valence-electron chi connectivity index (χ4n) is 0.191. The Morgan fingerprint density at radius 1 is 1.75 bits per heavy atom. The highest BCUT2D eigenvalue weighted by molar-refractivity contribution is 7.72. The molecule has 8 heavy (non-hydrogen) atoms. The van der Waals surface area contributed by atoms with Gasteiger partial charge < -0.3 is 0 Å². The maximum atomic E-state index is 9.79. The van der Waals surface area contributed by atoms with Crippen LogP contribution < -0.4 is 0 Å². The van der Waals surface area contributed by atoms with Crippen molar-refractivity contribution in [3.05, 3.63) is 12.2 Å². The summed E-state index contributed by atoms with van der Waals surface area (Å²) in [5.74, 6) is -0.216. The third kappa shape index (κ3) is 3.37. The zero-order chi connectivity index (χ0) is 6.57. The monoisotopic (exact) mass is 131 g/mol. The summed E-state index contributed by atoms with van der Waals surface area (Å²) in [6.45, 7) is 3.17. The quantitative estimate of drug-likeness (QED) is 0.412. The predicted molar refractivity (Wildman–Crippen MR) is 29.9 cm³/mol. The Morgan fingerprint density at radius 2 is 2.25 bits per heavy atom. The van der Waals surface area contributed by atoms with Crippen LogP contribution in [0.5, 0.6) is 0 Å². The Kier molecular flexibility index (Phi) is 2.89. The first-order valence-corrected chi connectivity index (χ1v) is 3.22. The van der Waals surface area contributed by atoms with Gasteiger partial charge in [0.25, 0.3) is 0 Å². The summed E-state index contributed by atoms with van der Waals surface area (Å²) in [7, 11) is -2.47. The second kappa shape index (κ2) is 3.22. The average molecular weight is 131 g/mol. The van der Waals surface area contributed by atoms with Crippen LogP contribution in [-0.2, 0) is 10.7 Å². The highest BCUT2D eigenvalue weighted by Gasteiger charge is 1.89. The summed E-state index contributed by atoms with van der Waals surface area (Å²) in [5.41, 5.74) is 0.0844. The van der Waals surface area contributed by atoms with Crippen molar-refractivity contribution in [2.75, 3.05) is 5.75 Å². The molecule has 0 rings (SSSR count). The number of thiol groups is 1. The SMILES string of the molecule is C=C(C#N)C[SH](=O)=O. The van der Waals surface area contributed by atoms with Crippen LogP contribution in [-0.4, -0.2) is 14.2 Å². The fourth-order valence-corrected chi connectivity index (χ4v) is 0.574. The van der Waals surface area contributed by atoms with Crippen LogP contribution in [0.2, 0.25) is 0 Å². The third-order valence-corrected chi connectivity index (χ3v) is 1.12. The van der Waals surface area contributed by atoms with Crippen molar-refractivity contribution in [3.63, 3.8) is 0 Å². The number of hydrogen-bond acceptors (Lipinski definition) is 3. The van der Waals surface area contributed by atoms with E-state index in [1.807, 2.05) is 0 Å². The minimum atomic E-state index is -2.47. The first kappa shape index (κ1) is 7.18. The summed E-state index contributed by atoms with van der Waals surface area (Å²) in [5, 5.41) is 7.97. The van der Waals surface area contributed by atoms with Crippen molar-refractivity contribution in [3.8, 4) is 6.07 Å². The minimum Gasteiger partial charge on any atom is -0.231 e. The van der Waals surface area contributed by atoms with Gasteiger partial charge in [0, 0.05) is 5.57 Å². The van der Waals surface area contributed by atoms with Gasteiger partial charge in [-0.15, -0.1) is 0 Å². The van der Waals surface area contributed by atoms with E-state index in [1.165, 1.54) is 0 Å². The van der Waals surface area contributed by atoms with Gasteiger partial charge in [-0.1, -0.05) is 6.58 Å². The number of nitrogens with zero attached hydrogens (tertiary/aromatic N) is 1. The molecule has 44 valence electrons. The van der Waals surface area contributed by atoms with E-state index in [0.29, 0.717) is 0 Å². The molecule has 0 aliphatic carbocycles. The van der Waals surface area contributed by atoms with Gasteiger partial charge in [0.15, 0.2) is 0 Å². The Morgan fingerprint density at radius 3 is 2.38 bits per heavy atom. The van der Waals surface area contributed by atoms with Crippen LogP contribution in [0, 0.1) is 11.3 Å². The minimum absolute atomic E-state index is 0.0844. The van der Waals surface area contributed by atoms with Gasteiger partial charge in [0.05, 0.1) is 11.8 Å². The van der Waals surface area contributed by atoms with E-state index in [0.717, 1.165) is 0 Å². The Hall–Kier alpha value is -0.820. The molecule has 0 fully saturated rings. The van der Waals surface area contributed by atoms with Gasteiger partial charge in [0.2, 0.25) is 0 Å². The predicted octanol–water partition coefficient (Wildman–Crippen LogP) is -0.322. The Labute approximate surface area is 49.2 Å². The lowest BCUT2D eigenvalue weighted by Gasteiger charge is -1.78. The van der Waals surface area contributed by atoms with Crippen molar-refractivity contribution in [1.82, 2.24) is 0 Å². The average Bonchev–Trinajstić information content (AvgIpc) is 1.65. The molecule has 0 saturated heterocycles. The lowest BCUT2D eigenvalue weighted by atomic mass is 10.4. The topological polar surface area (TPSA) is 57.9 Å². The van der Waals surface area contributed by atoms with Crippen LogP contribution in [0.4, 0.5) is 0 Å². The van der Waals surface area contributed by atoms with Crippen LogP contribution in [0.3, 0.4) is 0 Å². The fraction of sp³-hybridized carbons (Fsp3) is 0.250. The molecule has 0 spiro atoms. The smallest absolute Gasteiger partial charge is 0.144 e. The number of rotatable bonds is 2. The second-order valence-corrected chi connectivity index (χ2v) is 2.19. The molecule has 0 aliphatic rings. The molecule has 0 atom stereocenters. The molecule has 0 amide bonds. The molecule has 0 aromatic rings. The lowest BCUT2D eigenvalue weighted by Crippen LogP contribution is -1.87. The van der Waals surface area contributed by atoms with E-state index in [-0.39, 0.29) is 11.3 Å². The maximum Gasteiger partial charge on any atom is 0.144 e. The summed E-state index contributed by atoms with van der Waals surface area (Å²) in [6.07, 6.45) is 0. The second-order valence-electron chi connectivity index (χ2n) is 1.21. The van der Waals surface area contributed by atoms with Crippen LogP contribution in [0.25, 0.3) is 0 Å². The van der Waals surface area contributed by atoms with E-state index in [2.05, 4.69) is 6.58 Å². The van der Waals surface area contributed by atoms with Crippen LogP contribution >= 0.6 is 0 Å². The van der Waals surface area contributed by atoms with E-state index in [9.17, 15) is 8.42 Å². The maximum absolute atomic E-state index is 9.79. The highest BCUT2D eigenvalue weighted by atomic mass is 32.2. The number of nitriles is 1. The highest BCUT2D eigenvalue weighted by Crippen LogP contribution is 1.83. The molecule has 0 saturated carbocycles. The van der Waals surface area contributed by atoms with Gasteiger partial charge >= 0.3 is 0 Å². The molecular weight excluding hydrogens is 126 g/mol. The van der Waals surface area contributed by atoms with Gasteiger partial charge in [0.1, 0.15) is 10.7 Å². The van der Waals surface area contributed by atoms with Gasteiger partial charge in [-0.25, -0.2) is 8.42 Å². The van der Waals surface area contributed by atoms with Crippen molar-refractivity contribution < 1.29 is 8.42 Å². The third-order valence-electron chi connectivity index (χ3n) is 0.478. The van der Waals surface area contributed by atoms with Crippen LogP contribution in [0.15, 0.2) is 12.2 Å². The molecule has 0 heterocycles. The van der Waals surface area contributed by atoms with E-state index in [1.54, 1.807) is 6.07 Å². The number of hydrogen-bond donors (Lipinski definition) is 1. The molecule has 0 aromatic carbocycles. The van der Waals surface area contributed by atoms with Gasteiger partial charge in [-0.3, -0.25) is 0 Å². The first-order chi connectivity index (χ1) is 3.66. The summed E-state index contributed by atoms with van der Waals surface area (Å²) in [6, 6.07) is 1.62. The summed E-state index contributed by atoms with van der Waals surface area (Å²) >= 11 is 0. The van der Waals surface area contributed by atoms with Crippen molar-refractivity contribution in [1.29, 1.82) is 5.26 Å². The van der Waals surface area contributed by atoms with Crippen molar-refractivity contribution >= 4 is 10.7 Å². The molecular formula is C4H5NO2S. The molecule has 0 aliphatic heterocycles. The molecule has 4 heteroatoms. The molecule has 0 N–H and O–H groups in total. The normalized spacial score (nSPS) is 8.50. The summed E-state index contributed by atoms with van der Waals surface area (Å²) in [4.78, 5) is 0. The van der Waals surface area contributed by atoms with E-state index >= 15 is 0 Å². The van der Waals surface area contributed by atoms with Gasteiger partial charge in [-0.05, 0) is 0 Å². The lowest BCUT2D eigenvalue weighted by molar-refractivity contribution is 0.616. The van der Waals surface area contributed by atoms with Crippen molar-refractivity contribution in [2.24, 2.45) is 0 Å². The van der Waals surface area contributed by atoms with E-state index < -0.39 is 10.7 Å². The summed E-state index contributed by atoms with van der Waals surface area (Å²) < 4.78 is 19.6.